The van der Waals surface area contributed by atoms with Crippen LogP contribution in [0.1, 0.15) is 0 Å². The number of fused-ring (bicyclic) bond motifs is 5. The molecule has 0 saturated carbocycles. The summed E-state index contributed by atoms with van der Waals surface area (Å²) in [6, 6.07) is 66.2. The normalized spacial score (nSPS) is 11.7. The minimum absolute atomic E-state index is 1.16. The van der Waals surface area contributed by atoms with Gasteiger partial charge in [-0.2, -0.15) is 0 Å². The van der Waals surface area contributed by atoms with Gasteiger partial charge in [-0.3, -0.25) is 0 Å². The SMILES string of the molecule is c1ccc(-c2cc3cc(-c4ccc5cc(-c6ccccc6)n(-c6ccc7sc8ccccc8c7c6)c5c4)ccc3n2-c2ccccc2)cc1. The summed E-state index contributed by atoms with van der Waals surface area (Å²) in [6.07, 6.45) is 0. The number of aromatic nitrogens is 2. The summed E-state index contributed by atoms with van der Waals surface area (Å²) in [4.78, 5) is 0. The molecule has 3 heteroatoms. The average molecular weight is 643 g/mol. The Labute approximate surface area is 288 Å². The quantitative estimate of drug-likeness (QED) is 0.177. The van der Waals surface area contributed by atoms with Crippen molar-refractivity contribution >= 4 is 53.3 Å². The van der Waals surface area contributed by atoms with E-state index in [1.165, 1.54) is 81.3 Å². The van der Waals surface area contributed by atoms with Crippen molar-refractivity contribution in [2.75, 3.05) is 0 Å². The van der Waals surface area contributed by atoms with Gasteiger partial charge in [0, 0.05) is 42.3 Å². The zero-order chi connectivity index (χ0) is 32.3. The molecule has 7 aromatic carbocycles. The summed E-state index contributed by atoms with van der Waals surface area (Å²) in [6.45, 7) is 0. The molecule has 0 bridgehead atoms. The van der Waals surface area contributed by atoms with E-state index in [1.54, 1.807) is 0 Å². The molecule has 0 amide bonds. The fourth-order valence-electron chi connectivity index (χ4n) is 7.40. The molecule has 49 heavy (non-hydrogen) atoms. The summed E-state index contributed by atoms with van der Waals surface area (Å²) >= 11 is 1.86. The predicted octanol–water partition coefficient (Wildman–Crippen LogP) is 12.9. The van der Waals surface area contributed by atoms with E-state index in [0.717, 1.165) is 5.69 Å². The van der Waals surface area contributed by atoms with E-state index < -0.39 is 0 Å². The van der Waals surface area contributed by atoms with E-state index >= 15 is 0 Å². The number of hydrogen-bond donors (Lipinski definition) is 0. The monoisotopic (exact) mass is 642 g/mol. The van der Waals surface area contributed by atoms with Gasteiger partial charge in [0.25, 0.3) is 0 Å². The van der Waals surface area contributed by atoms with Crippen LogP contribution in [0.2, 0.25) is 0 Å². The first-order chi connectivity index (χ1) is 24.3. The van der Waals surface area contributed by atoms with Crippen LogP contribution in [0.25, 0.3) is 87.0 Å². The number of hydrogen-bond acceptors (Lipinski definition) is 1. The predicted molar refractivity (Wildman–Crippen MR) is 209 cm³/mol. The van der Waals surface area contributed by atoms with E-state index in [4.69, 9.17) is 0 Å². The highest BCUT2D eigenvalue weighted by Gasteiger charge is 2.17. The van der Waals surface area contributed by atoms with Crippen LogP contribution in [0.5, 0.6) is 0 Å². The maximum Gasteiger partial charge on any atom is 0.0541 e. The maximum atomic E-state index is 2.44. The Balaban J connectivity index is 1.17. The molecule has 10 rings (SSSR count). The van der Waals surface area contributed by atoms with Crippen molar-refractivity contribution in [3.8, 4) is 45.0 Å². The first-order valence-electron chi connectivity index (χ1n) is 16.7. The first-order valence-corrected chi connectivity index (χ1v) is 17.5. The fourth-order valence-corrected chi connectivity index (χ4v) is 8.49. The highest BCUT2D eigenvalue weighted by molar-refractivity contribution is 7.25. The summed E-state index contributed by atoms with van der Waals surface area (Å²) in [5.74, 6) is 0. The average Bonchev–Trinajstić information content (AvgIpc) is 3.86. The third-order valence-electron chi connectivity index (χ3n) is 9.71. The van der Waals surface area contributed by atoms with Crippen molar-refractivity contribution in [3.05, 3.63) is 182 Å². The molecule has 0 radical (unpaired) electrons. The third kappa shape index (κ3) is 4.62. The Kier molecular flexibility index (Phi) is 6.39. The Morgan fingerprint density at radius 3 is 1.67 bits per heavy atom. The van der Waals surface area contributed by atoms with Crippen molar-refractivity contribution in [2.24, 2.45) is 0 Å². The van der Waals surface area contributed by atoms with Gasteiger partial charge in [0.05, 0.1) is 22.4 Å². The van der Waals surface area contributed by atoms with Gasteiger partial charge in [-0.15, -0.1) is 11.3 Å². The van der Waals surface area contributed by atoms with E-state index in [2.05, 4.69) is 191 Å². The van der Waals surface area contributed by atoms with Gasteiger partial charge in [0.15, 0.2) is 0 Å². The lowest BCUT2D eigenvalue weighted by molar-refractivity contribution is 1.13. The van der Waals surface area contributed by atoms with Crippen molar-refractivity contribution in [2.45, 2.75) is 0 Å². The molecule has 0 N–H and O–H groups in total. The molecule has 10 aromatic rings. The lowest BCUT2D eigenvalue weighted by Gasteiger charge is -2.13. The van der Waals surface area contributed by atoms with Crippen LogP contribution in [-0.2, 0) is 0 Å². The molecule has 0 spiro atoms. The number of thiophene rings is 1. The van der Waals surface area contributed by atoms with Gasteiger partial charge < -0.3 is 9.13 Å². The molecule has 0 aliphatic rings. The van der Waals surface area contributed by atoms with Crippen LogP contribution >= 0.6 is 11.3 Å². The van der Waals surface area contributed by atoms with Crippen molar-refractivity contribution in [1.29, 1.82) is 0 Å². The van der Waals surface area contributed by atoms with Crippen LogP contribution in [0.15, 0.2) is 182 Å². The highest BCUT2D eigenvalue weighted by Crippen LogP contribution is 2.40. The molecule has 0 saturated heterocycles. The van der Waals surface area contributed by atoms with E-state index in [-0.39, 0.29) is 0 Å². The van der Waals surface area contributed by atoms with Gasteiger partial charge >= 0.3 is 0 Å². The number of rotatable bonds is 5. The highest BCUT2D eigenvalue weighted by atomic mass is 32.1. The maximum absolute atomic E-state index is 2.44. The summed E-state index contributed by atoms with van der Waals surface area (Å²) in [5, 5.41) is 5.06. The molecule has 0 aliphatic carbocycles. The molecular formula is C46H30N2S. The second-order valence-corrected chi connectivity index (χ2v) is 13.7. The molecule has 2 nitrogen and oxygen atoms in total. The number of benzene rings is 7. The lowest BCUT2D eigenvalue weighted by atomic mass is 10.0. The van der Waals surface area contributed by atoms with E-state index in [1.807, 2.05) is 11.3 Å². The largest absolute Gasteiger partial charge is 0.309 e. The van der Waals surface area contributed by atoms with Crippen LogP contribution in [0.4, 0.5) is 0 Å². The second kappa shape index (κ2) is 11.2. The minimum atomic E-state index is 1.16. The van der Waals surface area contributed by atoms with E-state index in [0.29, 0.717) is 0 Å². The van der Waals surface area contributed by atoms with Crippen LogP contribution in [0.3, 0.4) is 0 Å². The van der Waals surface area contributed by atoms with Gasteiger partial charge in [-0.25, -0.2) is 0 Å². The molecule has 230 valence electrons. The van der Waals surface area contributed by atoms with Crippen LogP contribution in [-0.4, -0.2) is 9.13 Å². The molecule has 3 heterocycles. The van der Waals surface area contributed by atoms with Gasteiger partial charge in [-0.05, 0) is 89.0 Å². The number of nitrogens with zero attached hydrogens (tertiary/aromatic N) is 2. The molecule has 0 atom stereocenters. The van der Waals surface area contributed by atoms with E-state index in [9.17, 15) is 0 Å². The number of para-hydroxylation sites is 1. The minimum Gasteiger partial charge on any atom is -0.309 e. The van der Waals surface area contributed by atoms with Gasteiger partial charge in [-0.1, -0.05) is 115 Å². The Hall–Kier alpha value is -6.16. The summed E-state index contributed by atoms with van der Waals surface area (Å²) < 4.78 is 7.45. The standard InChI is InChI=1S/C46H30N2S/c1-4-12-31(13-5-1)42-28-35-21-20-34(27-44(35)48(42)38-23-25-46-40(30-38)39-18-10-11-19-45(39)49-46)33-22-24-41-36(26-33)29-43(32-14-6-2-7-15-32)47(41)37-16-8-3-9-17-37/h1-30H. The Morgan fingerprint density at radius 2 is 0.918 bits per heavy atom. The van der Waals surface area contributed by atoms with Crippen molar-refractivity contribution < 1.29 is 0 Å². The first kappa shape index (κ1) is 27.9. The third-order valence-corrected chi connectivity index (χ3v) is 10.9. The smallest absolute Gasteiger partial charge is 0.0541 e. The molecule has 0 fully saturated rings. The van der Waals surface area contributed by atoms with Crippen molar-refractivity contribution in [1.82, 2.24) is 9.13 Å². The Bertz CT molecular complexity index is 2800. The fraction of sp³-hybridized carbons (Fsp3) is 0. The lowest BCUT2D eigenvalue weighted by Crippen LogP contribution is -1.97. The summed E-state index contributed by atoms with van der Waals surface area (Å²) in [5.41, 5.74) is 11.9. The second-order valence-electron chi connectivity index (χ2n) is 12.6. The zero-order valence-corrected chi connectivity index (χ0v) is 27.4. The summed E-state index contributed by atoms with van der Waals surface area (Å²) in [7, 11) is 0. The molecular weight excluding hydrogens is 613 g/mol. The Morgan fingerprint density at radius 1 is 0.327 bits per heavy atom. The van der Waals surface area contributed by atoms with Gasteiger partial charge in [0.2, 0.25) is 0 Å². The van der Waals surface area contributed by atoms with Crippen molar-refractivity contribution in [3.63, 3.8) is 0 Å². The van der Waals surface area contributed by atoms with Gasteiger partial charge in [0.1, 0.15) is 0 Å². The van der Waals surface area contributed by atoms with Crippen LogP contribution in [0, 0.1) is 0 Å². The molecule has 0 aliphatic heterocycles. The molecule has 0 unspecified atom stereocenters. The topological polar surface area (TPSA) is 9.86 Å². The zero-order valence-electron chi connectivity index (χ0n) is 26.6. The molecule has 3 aromatic heterocycles. The van der Waals surface area contributed by atoms with Crippen LogP contribution < -0.4 is 0 Å².